The monoisotopic (exact) mass is 334 g/mol. The van der Waals surface area contributed by atoms with Crippen molar-refractivity contribution in [1.82, 2.24) is 4.98 Å². The molecule has 5 N–H and O–H groups in total. The SMILES string of the molecule is COc1ccc2c3c([nH]c2c1)NCC=C3c1cccc(NCCN)c1. The number of hydrogen-bond acceptors (Lipinski definition) is 4. The summed E-state index contributed by atoms with van der Waals surface area (Å²) < 4.78 is 5.35. The molecule has 0 fully saturated rings. The fourth-order valence-corrected chi connectivity index (χ4v) is 3.35. The van der Waals surface area contributed by atoms with Gasteiger partial charge < -0.3 is 26.1 Å². The van der Waals surface area contributed by atoms with Crippen LogP contribution in [0.15, 0.2) is 48.5 Å². The molecule has 25 heavy (non-hydrogen) atoms. The van der Waals surface area contributed by atoms with E-state index in [1.165, 1.54) is 22.1 Å². The number of nitrogens with one attached hydrogen (secondary N) is 3. The van der Waals surface area contributed by atoms with Crippen LogP contribution in [0.2, 0.25) is 0 Å². The molecule has 2 aromatic carbocycles. The molecule has 0 unspecified atom stereocenters. The Labute approximate surface area is 146 Å². The molecule has 5 nitrogen and oxygen atoms in total. The van der Waals surface area contributed by atoms with E-state index in [2.05, 4.69) is 52.0 Å². The molecule has 1 aliphatic rings. The summed E-state index contributed by atoms with van der Waals surface area (Å²) in [7, 11) is 1.69. The molecular weight excluding hydrogens is 312 g/mol. The van der Waals surface area contributed by atoms with Crippen LogP contribution in [-0.2, 0) is 0 Å². The lowest BCUT2D eigenvalue weighted by molar-refractivity contribution is 0.415. The van der Waals surface area contributed by atoms with Gasteiger partial charge in [-0.2, -0.15) is 0 Å². The highest BCUT2D eigenvalue weighted by Crippen LogP contribution is 2.39. The van der Waals surface area contributed by atoms with Gasteiger partial charge in [0.05, 0.1) is 12.6 Å². The number of fused-ring (bicyclic) bond motifs is 3. The maximum Gasteiger partial charge on any atom is 0.120 e. The summed E-state index contributed by atoms with van der Waals surface area (Å²) in [5, 5.41) is 7.97. The molecule has 128 valence electrons. The van der Waals surface area contributed by atoms with Crippen molar-refractivity contribution < 1.29 is 4.74 Å². The fourth-order valence-electron chi connectivity index (χ4n) is 3.35. The summed E-state index contributed by atoms with van der Waals surface area (Å²) in [6.45, 7) is 2.18. The van der Waals surface area contributed by atoms with Crippen molar-refractivity contribution in [2.75, 3.05) is 37.4 Å². The molecular formula is C20H22N4O. The van der Waals surface area contributed by atoms with Crippen LogP contribution in [0.5, 0.6) is 5.75 Å². The van der Waals surface area contributed by atoms with Crippen molar-refractivity contribution in [1.29, 1.82) is 0 Å². The molecule has 0 saturated heterocycles. The minimum Gasteiger partial charge on any atom is -0.497 e. The molecule has 0 saturated carbocycles. The van der Waals surface area contributed by atoms with Crippen molar-refractivity contribution in [3.63, 3.8) is 0 Å². The Bertz CT molecular complexity index is 942. The number of anilines is 2. The molecule has 2 heterocycles. The average Bonchev–Trinajstić information content (AvgIpc) is 3.04. The van der Waals surface area contributed by atoms with E-state index >= 15 is 0 Å². The van der Waals surface area contributed by atoms with Crippen molar-refractivity contribution in [3.05, 3.63) is 59.7 Å². The van der Waals surface area contributed by atoms with E-state index in [-0.39, 0.29) is 0 Å². The number of hydrogen-bond donors (Lipinski definition) is 4. The highest BCUT2D eigenvalue weighted by molar-refractivity contribution is 6.04. The summed E-state index contributed by atoms with van der Waals surface area (Å²) in [6, 6.07) is 14.6. The van der Waals surface area contributed by atoms with Crippen LogP contribution in [0, 0.1) is 0 Å². The summed E-state index contributed by atoms with van der Waals surface area (Å²) >= 11 is 0. The first-order valence-electron chi connectivity index (χ1n) is 8.48. The Morgan fingerprint density at radius 3 is 2.96 bits per heavy atom. The van der Waals surface area contributed by atoms with Gasteiger partial charge in [0.1, 0.15) is 11.6 Å². The summed E-state index contributed by atoms with van der Waals surface area (Å²) in [5.74, 6) is 1.91. The molecule has 0 atom stereocenters. The lowest BCUT2D eigenvalue weighted by Crippen LogP contribution is -2.13. The third-order valence-corrected chi connectivity index (χ3v) is 4.51. The first-order chi connectivity index (χ1) is 12.3. The van der Waals surface area contributed by atoms with Crippen molar-refractivity contribution in [2.45, 2.75) is 0 Å². The molecule has 0 spiro atoms. The number of aromatic nitrogens is 1. The average molecular weight is 334 g/mol. The van der Waals surface area contributed by atoms with Gasteiger partial charge in [0, 0.05) is 42.3 Å². The zero-order valence-electron chi connectivity index (χ0n) is 14.2. The summed E-state index contributed by atoms with van der Waals surface area (Å²) in [5.41, 5.74) is 11.4. The molecule has 1 aromatic heterocycles. The Hall–Kier alpha value is -2.92. The van der Waals surface area contributed by atoms with Gasteiger partial charge in [-0.1, -0.05) is 18.2 Å². The first-order valence-corrected chi connectivity index (χ1v) is 8.48. The number of benzene rings is 2. The number of methoxy groups -OCH3 is 1. The summed E-state index contributed by atoms with van der Waals surface area (Å²) in [4.78, 5) is 3.48. The van der Waals surface area contributed by atoms with Gasteiger partial charge in [-0.25, -0.2) is 0 Å². The Morgan fingerprint density at radius 2 is 2.12 bits per heavy atom. The van der Waals surface area contributed by atoms with Crippen LogP contribution in [0.3, 0.4) is 0 Å². The maximum absolute atomic E-state index is 5.60. The number of rotatable bonds is 5. The predicted octanol–water partition coefficient (Wildman–Crippen LogP) is 3.40. The minimum absolute atomic E-state index is 0.616. The zero-order chi connectivity index (χ0) is 17.2. The quantitative estimate of drug-likeness (QED) is 0.577. The molecule has 4 rings (SSSR count). The lowest BCUT2D eigenvalue weighted by Gasteiger charge is -2.17. The van der Waals surface area contributed by atoms with Gasteiger partial charge >= 0.3 is 0 Å². The van der Waals surface area contributed by atoms with Crippen LogP contribution < -0.4 is 21.1 Å². The maximum atomic E-state index is 5.60. The largest absolute Gasteiger partial charge is 0.497 e. The summed E-state index contributed by atoms with van der Waals surface area (Å²) in [6.07, 6.45) is 2.24. The third kappa shape index (κ3) is 2.83. The zero-order valence-corrected chi connectivity index (χ0v) is 14.2. The second kappa shape index (κ2) is 6.53. The van der Waals surface area contributed by atoms with E-state index in [0.717, 1.165) is 35.9 Å². The first kappa shape index (κ1) is 15.6. The molecule has 0 amide bonds. The third-order valence-electron chi connectivity index (χ3n) is 4.51. The molecule has 1 aliphatic heterocycles. The van der Waals surface area contributed by atoms with Crippen molar-refractivity contribution >= 4 is 28.0 Å². The van der Waals surface area contributed by atoms with E-state index in [4.69, 9.17) is 10.5 Å². The number of nitrogens with two attached hydrogens (primary N) is 1. The van der Waals surface area contributed by atoms with Crippen LogP contribution >= 0.6 is 0 Å². The van der Waals surface area contributed by atoms with Gasteiger partial charge in [-0.05, 0) is 35.4 Å². The smallest absolute Gasteiger partial charge is 0.120 e. The normalized spacial score (nSPS) is 13.1. The van der Waals surface area contributed by atoms with E-state index in [1.807, 2.05) is 12.1 Å². The standard InChI is InChI=1S/C20H22N4O/c1-25-15-5-6-17-18(12-15)24-20-19(17)16(7-9-23-20)13-3-2-4-14(11-13)22-10-8-21/h2-7,11-12,22-24H,8-10,21H2,1H3. The van der Waals surface area contributed by atoms with Crippen LogP contribution in [0.25, 0.3) is 16.5 Å². The Morgan fingerprint density at radius 1 is 1.20 bits per heavy atom. The molecule has 0 radical (unpaired) electrons. The second-order valence-corrected chi connectivity index (χ2v) is 6.08. The highest BCUT2D eigenvalue weighted by atomic mass is 16.5. The van der Waals surface area contributed by atoms with Gasteiger partial charge in [0.25, 0.3) is 0 Å². The van der Waals surface area contributed by atoms with Gasteiger partial charge in [-0.3, -0.25) is 0 Å². The van der Waals surface area contributed by atoms with Crippen LogP contribution in [0.4, 0.5) is 11.5 Å². The lowest BCUT2D eigenvalue weighted by atomic mass is 9.94. The van der Waals surface area contributed by atoms with Gasteiger partial charge in [0.2, 0.25) is 0 Å². The van der Waals surface area contributed by atoms with Crippen molar-refractivity contribution in [3.8, 4) is 5.75 Å². The van der Waals surface area contributed by atoms with Crippen LogP contribution in [0.1, 0.15) is 11.1 Å². The van der Waals surface area contributed by atoms with E-state index in [1.54, 1.807) is 7.11 Å². The van der Waals surface area contributed by atoms with E-state index < -0.39 is 0 Å². The molecule has 0 bridgehead atoms. The predicted molar refractivity (Wildman–Crippen MR) is 104 cm³/mol. The van der Waals surface area contributed by atoms with Crippen molar-refractivity contribution in [2.24, 2.45) is 5.73 Å². The van der Waals surface area contributed by atoms with Gasteiger partial charge in [0.15, 0.2) is 0 Å². The number of aromatic amines is 1. The minimum atomic E-state index is 0.616. The van der Waals surface area contributed by atoms with Crippen LogP contribution in [-0.4, -0.2) is 31.7 Å². The Balaban J connectivity index is 1.79. The highest BCUT2D eigenvalue weighted by Gasteiger charge is 2.20. The van der Waals surface area contributed by atoms with E-state index in [0.29, 0.717) is 6.54 Å². The number of ether oxygens (including phenoxy) is 1. The van der Waals surface area contributed by atoms with E-state index in [9.17, 15) is 0 Å². The second-order valence-electron chi connectivity index (χ2n) is 6.08. The van der Waals surface area contributed by atoms with Gasteiger partial charge in [-0.15, -0.1) is 0 Å². The number of H-pyrrole nitrogens is 1. The topological polar surface area (TPSA) is 75.1 Å². The Kier molecular flexibility index (Phi) is 4.07. The molecule has 0 aliphatic carbocycles. The molecule has 3 aromatic rings. The molecule has 5 heteroatoms. The fraction of sp³-hybridized carbons (Fsp3) is 0.200.